The fourth-order valence-electron chi connectivity index (χ4n) is 2.73. The molecule has 0 saturated carbocycles. The van der Waals surface area contributed by atoms with Crippen molar-refractivity contribution in [3.63, 3.8) is 0 Å². The van der Waals surface area contributed by atoms with Gasteiger partial charge in [0.05, 0.1) is 5.56 Å². The Kier molecular flexibility index (Phi) is 5.96. The summed E-state index contributed by atoms with van der Waals surface area (Å²) in [6.07, 6.45) is 2.44. The van der Waals surface area contributed by atoms with Gasteiger partial charge in [-0.2, -0.15) is 5.10 Å². The fourth-order valence-corrected chi connectivity index (χ4v) is 2.73. The molecule has 1 aromatic carbocycles. The van der Waals surface area contributed by atoms with Gasteiger partial charge in [0.15, 0.2) is 5.75 Å². The van der Waals surface area contributed by atoms with Crippen molar-refractivity contribution in [1.29, 1.82) is 0 Å². The normalized spacial score (nSPS) is 10.9. The number of ether oxygens (including phenoxy) is 1. The van der Waals surface area contributed by atoms with Crippen LogP contribution in [0.2, 0.25) is 0 Å². The SMILES string of the molecule is C=CCOc1c(CC(C)C)nn(CC)c(=O)c1-c1ccccc1C. The zero-order chi connectivity index (χ0) is 17.7. The highest BCUT2D eigenvalue weighted by Gasteiger charge is 2.21. The van der Waals surface area contributed by atoms with Crippen LogP contribution in [0.25, 0.3) is 11.1 Å². The number of nitrogens with zero attached hydrogens (tertiary/aromatic N) is 2. The van der Waals surface area contributed by atoms with Gasteiger partial charge in [0.25, 0.3) is 5.56 Å². The fraction of sp³-hybridized carbons (Fsp3) is 0.400. The van der Waals surface area contributed by atoms with Crippen molar-refractivity contribution in [3.05, 3.63) is 58.5 Å². The Bertz CT molecular complexity index is 776. The molecule has 0 radical (unpaired) electrons. The molecule has 1 aromatic heterocycles. The van der Waals surface area contributed by atoms with E-state index in [1.54, 1.807) is 6.08 Å². The lowest BCUT2D eigenvalue weighted by atomic mass is 9.98. The minimum absolute atomic E-state index is 0.113. The largest absolute Gasteiger partial charge is 0.487 e. The monoisotopic (exact) mass is 326 g/mol. The molecule has 2 rings (SSSR count). The van der Waals surface area contributed by atoms with E-state index in [0.29, 0.717) is 30.4 Å². The Hall–Kier alpha value is -2.36. The second kappa shape index (κ2) is 7.95. The molecule has 4 heteroatoms. The van der Waals surface area contributed by atoms with Gasteiger partial charge < -0.3 is 4.74 Å². The second-order valence-corrected chi connectivity index (χ2v) is 6.28. The molecule has 1 heterocycles. The van der Waals surface area contributed by atoms with Crippen molar-refractivity contribution < 1.29 is 4.74 Å². The van der Waals surface area contributed by atoms with Gasteiger partial charge in [-0.25, -0.2) is 4.68 Å². The summed E-state index contributed by atoms with van der Waals surface area (Å²) >= 11 is 0. The van der Waals surface area contributed by atoms with E-state index in [9.17, 15) is 4.79 Å². The van der Waals surface area contributed by atoms with Gasteiger partial charge in [-0.15, -0.1) is 0 Å². The molecule has 0 spiro atoms. The summed E-state index contributed by atoms with van der Waals surface area (Å²) in [6, 6.07) is 7.88. The van der Waals surface area contributed by atoms with Crippen molar-refractivity contribution in [2.24, 2.45) is 5.92 Å². The first kappa shape index (κ1) is 18.0. The van der Waals surface area contributed by atoms with Gasteiger partial charge in [0, 0.05) is 6.54 Å². The second-order valence-electron chi connectivity index (χ2n) is 6.28. The molecule has 4 nitrogen and oxygen atoms in total. The molecular weight excluding hydrogens is 300 g/mol. The molecule has 2 aromatic rings. The van der Waals surface area contributed by atoms with Crippen LogP contribution in [0.15, 0.2) is 41.7 Å². The van der Waals surface area contributed by atoms with Gasteiger partial charge in [-0.05, 0) is 37.3 Å². The summed E-state index contributed by atoms with van der Waals surface area (Å²) in [5, 5.41) is 4.54. The lowest BCUT2D eigenvalue weighted by Gasteiger charge is -2.18. The van der Waals surface area contributed by atoms with E-state index in [1.165, 1.54) is 4.68 Å². The summed E-state index contributed by atoms with van der Waals surface area (Å²) in [5.41, 5.74) is 3.26. The number of hydrogen-bond donors (Lipinski definition) is 0. The standard InChI is InChI=1S/C20H26N2O2/c1-6-12-24-19-17(13-14(3)4)21-22(7-2)20(23)18(19)16-11-9-8-10-15(16)5/h6,8-11,14H,1,7,12-13H2,2-5H3. The number of benzene rings is 1. The molecule has 0 fully saturated rings. The lowest BCUT2D eigenvalue weighted by Crippen LogP contribution is -2.27. The van der Waals surface area contributed by atoms with Crippen LogP contribution >= 0.6 is 0 Å². The van der Waals surface area contributed by atoms with Crippen LogP contribution in [-0.2, 0) is 13.0 Å². The van der Waals surface area contributed by atoms with E-state index >= 15 is 0 Å². The minimum atomic E-state index is -0.113. The average molecular weight is 326 g/mol. The summed E-state index contributed by atoms with van der Waals surface area (Å²) in [5.74, 6) is 1.00. The quantitative estimate of drug-likeness (QED) is 0.722. The van der Waals surface area contributed by atoms with Crippen molar-refractivity contribution in [3.8, 4) is 16.9 Å². The van der Waals surface area contributed by atoms with E-state index in [-0.39, 0.29) is 5.56 Å². The van der Waals surface area contributed by atoms with E-state index in [1.807, 2.05) is 38.1 Å². The molecule has 24 heavy (non-hydrogen) atoms. The number of aryl methyl sites for hydroxylation is 2. The number of aromatic nitrogens is 2. The molecule has 0 aliphatic heterocycles. The Balaban J connectivity index is 2.79. The molecular formula is C20H26N2O2. The molecule has 0 bridgehead atoms. The molecule has 0 amide bonds. The van der Waals surface area contributed by atoms with Gasteiger partial charge in [0.2, 0.25) is 0 Å². The third kappa shape index (κ3) is 3.75. The van der Waals surface area contributed by atoms with E-state index < -0.39 is 0 Å². The Labute approximate surface area is 143 Å². The van der Waals surface area contributed by atoms with Crippen molar-refractivity contribution in [2.75, 3.05) is 6.61 Å². The Morgan fingerprint density at radius 2 is 2.04 bits per heavy atom. The van der Waals surface area contributed by atoms with Crippen LogP contribution in [0.1, 0.15) is 32.0 Å². The van der Waals surface area contributed by atoms with Crippen molar-refractivity contribution in [1.82, 2.24) is 9.78 Å². The van der Waals surface area contributed by atoms with Crippen LogP contribution in [-0.4, -0.2) is 16.4 Å². The van der Waals surface area contributed by atoms with Gasteiger partial charge >= 0.3 is 0 Å². The highest BCUT2D eigenvalue weighted by atomic mass is 16.5. The molecule has 0 saturated heterocycles. The summed E-state index contributed by atoms with van der Waals surface area (Å²) in [6.45, 7) is 12.8. The Morgan fingerprint density at radius 1 is 1.33 bits per heavy atom. The third-order valence-corrected chi connectivity index (χ3v) is 3.84. The summed E-state index contributed by atoms with van der Waals surface area (Å²) in [4.78, 5) is 13.0. The molecule has 0 aliphatic carbocycles. The van der Waals surface area contributed by atoms with E-state index in [0.717, 1.165) is 23.2 Å². The van der Waals surface area contributed by atoms with Crippen LogP contribution in [0.3, 0.4) is 0 Å². The first-order valence-corrected chi connectivity index (χ1v) is 8.43. The van der Waals surface area contributed by atoms with Crippen molar-refractivity contribution in [2.45, 2.75) is 40.7 Å². The zero-order valence-electron chi connectivity index (χ0n) is 15.0. The number of hydrogen-bond acceptors (Lipinski definition) is 3. The predicted octanol–water partition coefficient (Wildman–Crippen LogP) is 4.00. The topological polar surface area (TPSA) is 44.1 Å². The third-order valence-electron chi connectivity index (χ3n) is 3.84. The predicted molar refractivity (Wildman–Crippen MR) is 98.6 cm³/mol. The zero-order valence-corrected chi connectivity index (χ0v) is 15.0. The van der Waals surface area contributed by atoms with Crippen molar-refractivity contribution >= 4 is 0 Å². The first-order chi connectivity index (χ1) is 11.5. The van der Waals surface area contributed by atoms with E-state index in [4.69, 9.17) is 4.74 Å². The molecule has 0 aliphatic rings. The number of rotatable bonds is 7. The van der Waals surface area contributed by atoms with Crippen LogP contribution in [0, 0.1) is 12.8 Å². The average Bonchev–Trinajstić information content (AvgIpc) is 2.55. The van der Waals surface area contributed by atoms with Gasteiger partial charge in [-0.3, -0.25) is 4.79 Å². The van der Waals surface area contributed by atoms with Gasteiger partial charge in [0.1, 0.15) is 12.3 Å². The smallest absolute Gasteiger partial charge is 0.278 e. The molecule has 128 valence electrons. The van der Waals surface area contributed by atoms with Crippen LogP contribution in [0.5, 0.6) is 5.75 Å². The van der Waals surface area contributed by atoms with Crippen LogP contribution < -0.4 is 10.3 Å². The lowest BCUT2D eigenvalue weighted by molar-refractivity contribution is 0.350. The first-order valence-electron chi connectivity index (χ1n) is 8.43. The highest BCUT2D eigenvalue weighted by molar-refractivity contribution is 5.73. The molecule has 0 N–H and O–H groups in total. The van der Waals surface area contributed by atoms with Crippen LogP contribution in [0.4, 0.5) is 0 Å². The maximum absolute atomic E-state index is 13.0. The highest BCUT2D eigenvalue weighted by Crippen LogP contribution is 2.32. The summed E-state index contributed by atoms with van der Waals surface area (Å²) < 4.78 is 7.44. The molecule has 0 atom stereocenters. The minimum Gasteiger partial charge on any atom is -0.487 e. The maximum atomic E-state index is 13.0. The van der Waals surface area contributed by atoms with Gasteiger partial charge in [-0.1, -0.05) is 50.8 Å². The molecule has 0 unspecified atom stereocenters. The Morgan fingerprint density at radius 3 is 2.62 bits per heavy atom. The summed E-state index contributed by atoms with van der Waals surface area (Å²) in [7, 11) is 0. The maximum Gasteiger partial charge on any atom is 0.278 e. The van der Waals surface area contributed by atoms with E-state index in [2.05, 4.69) is 25.5 Å².